The molecule has 0 radical (unpaired) electrons. The topological polar surface area (TPSA) is 62.6 Å². The van der Waals surface area contributed by atoms with E-state index in [2.05, 4.69) is 25.3 Å². The summed E-state index contributed by atoms with van der Waals surface area (Å²) in [5.41, 5.74) is 3.03. The monoisotopic (exact) mass is 403 g/mol. The van der Waals surface area contributed by atoms with Crippen LogP contribution in [0.15, 0.2) is 11.0 Å². The van der Waals surface area contributed by atoms with E-state index in [1.54, 1.807) is 11.0 Å². The molecule has 3 rings (SSSR count). The summed E-state index contributed by atoms with van der Waals surface area (Å²) in [5, 5.41) is -0.369. The first kappa shape index (κ1) is 20.7. The van der Waals surface area contributed by atoms with Crippen molar-refractivity contribution >= 4 is 34.9 Å². The van der Waals surface area contributed by atoms with E-state index in [1.807, 2.05) is 19.9 Å². The van der Waals surface area contributed by atoms with Crippen molar-refractivity contribution in [3.05, 3.63) is 27.9 Å². The predicted octanol–water partition coefficient (Wildman–Crippen LogP) is 3.91. The van der Waals surface area contributed by atoms with Gasteiger partial charge in [0.2, 0.25) is 5.91 Å². The lowest BCUT2D eigenvalue weighted by atomic mass is 10.1. The average Bonchev–Trinajstić information content (AvgIpc) is 3.05. The van der Waals surface area contributed by atoms with E-state index in [-0.39, 0.29) is 29.1 Å². The molecule has 2 saturated heterocycles. The molecule has 0 spiro atoms. The predicted molar refractivity (Wildman–Crippen MR) is 112 cm³/mol. The van der Waals surface area contributed by atoms with Gasteiger partial charge in [-0.2, -0.15) is 0 Å². The Bertz CT molecular complexity index is 842. The zero-order chi connectivity index (χ0) is 20.6. The van der Waals surface area contributed by atoms with Gasteiger partial charge in [-0.05, 0) is 83.3 Å². The second kappa shape index (κ2) is 7.78. The molecule has 0 unspecified atom stereocenters. The number of amides is 3. The Hall–Kier alpha value is -2.02. The van der Waals surface area contributed by atoms with Crippen molar-refractivity contribution in [1.29, 1.82) is 0 Å². The van der Waals surface area contributed by atoms with Crippen LogP contribution in [0.2, 0.25) is 0 Å². The second-order valence-corrected chi connectivity index (χ2v) is 9.54. The third kappa shape index (κ3) is 4.04. The number of hydrogen-bond donors (Lipinski definition) is 0. The van der Waals surface area contributed by atoms with E-state index in [0.29, 0.717) is 18.0 Å². The SMILES string of the molecule is Cc1cc(/C=C2\SC(=O)N(CC(=O)N3CCCCC3)C2=O)c(C)n1C(C)(C)C. The summed E-state index contributed by atoms with van der Waals surface area (Å²) in [5.74, 6) is -0.518. The zero-order valence-corrected chi connectivity index (χ0v) is 18.2. The van der Waals surface area contributed by atoms with Crippen molar-refractivity contribution in [3.8, 4) is 0 Å². The molecule has 6 nitrogen and oxygen atoms in total. The van der Waals surface area contributed by atoms with Crippen LogP contribution >= 0.6 is 11.8 Å². The molecule has 1 aromatic heterocycles. The molecule has 2 fully saturated rings. The Morgan fingerprint density at radius 2 is 1.79 bits per heavy atom. The summed E-state index contributed by atoms with van der Waals surface area (Å²) in [6, 6.07) is 2.04. The van der Waals surface area contributed by atoms with Gasteiger partial charge in [-0.15, -0.1) is 0 Å². The van der Waals surface area contributed by atoms with E-state index < -0.39 is 0 Å². The van der Waals surface area contributed by atoms with Crippen LogP contribution in [0.25, 0.3) is 6.08 Å². The Balaban J connectivity index is 1.79. The van der Waals surface area contributed by atoms with Crippen molar-refractivity contribution in [2.75, 3.05) is 19.6 Å². The summed E-state index contributed by atoms with van der Waals surface area (Å²) < 4.78 is 2.23. The lowest BCUT2D eigenvalue weighted by Crippen LogP contribution is -2.44. The van der Waals surface area contributed by atoms with E-state index in [0.717, 1.165) is 52.9 Å². The number of piperidine rings is 1. The molecule has 2 aliphatic rings. The summed E-state index contributed by atoms with van der Waals surface area (Å²) >= 11 is 0.915. The smallest absolute Gasteiger partial charge is 0.294 e. The molecule has 152 valence electrons. The van der Waals surface area contributed by atoms with Crippen molar-refractivity contribution in [2.24, 2.45) is 0 Å². The van der Waals surface area contributed by atoms with Gasteiger partial charge in [0.05, 0.1) is 4.91 Å². The number of carbonyl (C=O) groups is 3. The molecule has 0 aliphatic carbocycles. The number of aryl methyl sites for hydroxylation is 1. The van der Waals surface area contributed by atoms with Gasteiger partial charge in [0, 0.05) is 30.0 Å². The molecule has 7 heteroatoms. The van der Waals surface area contributed by atoms with Gasteiger partial charge in [0.1, 0.15) is 6.54 Å². The van der Waals surface area contributed by atoms with Crippen LogP contribution in [0.4, 0.5) is 4.79 Å². The Kier molecular flexibility index (Phi) is 5.75. The van der Waals surface area contributed by atoms with Crippen LogP contribution in [0, 0.1) is 13.8 Å². The number of nitrogens with zero attached hydrogens (tertiary/aromatic N) is 3. The first-order chi connectivity index (χ1) is 13.1. The normalized spacial score (nSPS) is 19.8. The Morgan fingerprint density at radius 3 is 2.36 bits per heavy atom. The molecular weight excluding hydrogens is 374 g/mol. The summed E-state index contributed by atoms with van der Waals surface area (Å²) in [6.45, 7) is 11.7. The van der Waals surface area contributed by atoms with Gasteiger partial charge in [-0.25, -0.2) is 0 Å². The average molecular weight is 404 g/mol. The maximum Gasteiger partial charge on any atom is 0.294 e. The first-order valence-corrected chi connectivity index (χ1v) is 10.6. The minimum atomic E-state index is -0.374. The highest BCUT2D eigenvalue weighted by Gasteiger charge is 2.37. The number of aromatic nitrogens is 1. The van der Waals surface area contributed by atoms with Gasteiger partial charge in [0.25, 0.3) is 11.1 Å². The van der Waals surface area contributed by atoms with Crippen LogP contribution < -0.4 is 0 Å². The Morgan fingerprint density at radius 1 is 1.14 bits per heavy atom. The van der Waals surface area contributed by atoms with Gasteiger partial charge in [-0.3, -0.25) is 19.3 Å². The van der Waals surface area contributed by atoms with E-state index in [9.17, 15) is 14.4 Å². The summed E-state index contributed by atoms with van der Waals surface area (Å²) in [6.07, 6.45) is 4.87. The number of hydrogen-bond acceptors (Lipinski definition) is 4. The molecule has 3 amide bonds. The lowest BCUT2D eigenvalue weighted by Gasteiger charge is -2.27. The quantitative estimate of drug-likeness (QED) is 0.718. The maximum atomic E-state index is 12.8. The molecule has 1 aromatic rings. The van der Waals surface area contributed by atoms with Gasteiger partial charge in [-0.1, -0.05) is 0 Å². The Labute approximate surface area is 170 Å². The van der Waals surface area contributed by atoms with Gasteiger partial charge < -0.3 is 9.47 Å². The highest BCUT2D eigenvalue weighted by molar-refractivity contribution is 8.18. The summed E-state index contributed by atoms with van der Waals surface area (Å²) in [7, 11) is 0. The van der Waals surface area contributed by atoms with Gasteiger partial charge in [0.15, 0.2) is 0 Å². The maximum absolute atomic E-state index is 12.8. The van der Waals surface area contributed by atoms with E-state index >= 15 is 0 Å². The number of likely N-dealkylation sites (tertiary alicyclic amines) is 1. The first-order valence-electron chi connectivity index (χ1n) is 9.82. The molecule has 2 aliphatic heterocycles. The fraction of sp³-hybridized carbons (Fsp3) is 0.571. The molecule has 0 atom stereocenters. The third-order valence-corrected chi connectivity index (χ3v) is 6.21. The summed E-state index contributed by atoms with van der Waals surface area (Å²) in [4.78, 5) is 40.8. The molecule has 0 N–H and O–H groups in total. The number of imide groups is 1. The number of thioether (sulfide) groups is 1. The molecule has 3 heterocycles. The zero-order valence-electron chi connectivity index (χ0n) is 17.4. The van der Waals surface area contributed by atoms with Crippen molar-refractivity contribution in [3.63, 3.8) is 0 Å². The lowest BCUT2D eigenvalue weighted by molar-refractivity contribution is -0.136. The van der Waals surface area contributed by atoms with Crippen LogP contribution in [0.5, 0.6) is 0 Å². The second-order valence-electron chi connectivity index (χ2n) is 8.54. The van der Waals surface area contributed by atoms with Gasteiger partial charge >= 0.3 is 0 Å². The minimum absolute atomic E-state index is 0.0690. The minimum Gasteiger partial charge on any atom is -0.343 e. The molecule has 0 aromatic carbocycles. The number of carbonyl (C=O) groups excluding carboxylic acids is 3. The molecule has 28 heavy (non-hydrogen) atoms. The van der Waals surface area contributed by atoms with E-state index in [4.69, 9.17) is 0 Å². The van der Waals surface area contributed by atoms with Crippen LogP contribution in [0.3, 0.4) is 0 Å². The largest absolute Gasteiger partial charge is 0.343 e. The number of rotatable bonds is 3. The van der Waals surface area contributed by atoms with Crippen molar-refractivity contribution < 1.29 is 14.4 Å². The third-order valence-electron chi connectivity index (χ3n) is 5.30. The van der Waals surface area contributed by atoms with Crippen LogP contribution in [-0.2, 0) is 15.1 Å². The van der Waals surface area contributed by atoms with Crippen molar-refractivity contribution in [2.45, 2.75) is 59.4 Å². The van der Waals surface area contributed by atoms with Crippen LogP contribution in [0.1, 0.15) is 57.0 Å². The van der Waals surface area contributed by atoms with Crippen LogP contribution in [-0.4, -0.2) is 51.1 Å². The fourth-order valence-electron chi connectivity index (χ4n) is 4.12. The fourth-order valence-corrected chi connectivity index (χ4v) is 4.95. The highest BCUT2D eigenvalue weighted by Crippen LogP contribution is 2.34. The molecule has 0 bridgehead atoms. The molecule has 0 saturated carbocycles. The molecular formula is C21H29N3O3S. The van der Waals surface area contributed by atoms with E-state index in [1.165, 1.54) is 0 Å². The highest BCUT2D eigenvalue weighted by atomic mass is 32.2. The standard InChI is InChI=1S/C21H29N3O3S/c1-14-11-16(15(2)24(14)21(3,4)5)12-17-19(26)23(20(27)28-17)13-18(25)22-9-7-6-8-10-22/h11-12H,6-10,13H2,1-5H3/b17-12-. The van der Waals surface area contributed by atoms with Crippen molar-refractivity contribution in [1.82, 2.24) is 14.4 Å².